The van der Waals surface area contributed by atoms with Crippen LogP contribution in [0.15, 0.2) is 16.9 Å². The Morgan fingerprint density at radius 1 is 1.47 bits per heavy atom. The second kappa shape index (κ2) is 4.72. The van der Waals surface area contributed by atoms with Crippen LogP contribution in [0, 0.1) is 4.77 Å². The number of hydrogen-bond acceptors (Lipinski definition) is 3. The molecule has 5 heteroatoms. The summed E-state index contributed by atoms with van der Waals surface area (Å²) >= 11 is 7.00. The summed E-state index contributed by atoms with van der Waals surface area (Å²) in [6, 6.07) is 0. The van der Waals surface area contributed by atoms with Crippen LogP contribution in [0.2, 0.25) is 0 Å². The first-order valence-electron chi connectivity index (χ1n) is 6.49. The molecular weight excluding hydrogens is 276 g/mol. The van der Waals surface area contributed by atoms with Gasteiger partial charge in [-0.25, -0.2) is 0 Å². The van der Waals surface area contributed by atoms with Gasteiger partial charge < -0.3 is 4.98 Å². The summed E-state index contributed by atoms with van der Waals surface area (Å²) in [5.41, 5.74) is 2.23. The van der Waals surface area contributed by atoms with Crippen LogP contribution in [0.5, 0.6) is 0 Å². The Balaban J connectivity index is 2.33. The van der Waals surface area contributed by atoms with Crippen molar-refractivity contribution in [2.24, 2.45) is 0 Å². The Hall–Kier alpha value is -1.20. The minimum atomic E-state index is 0.0427. The molecule has 0 bridgehead atoms. The fourth-order valence-electron chi connectivity index (χ4n) is 2.69. The van der Waals surface area contributed by atoms with Crippen molar-refractivity contribution in [3.8, 4) is 0 Å². The Morgan fingerprint density at radius 3 is 2.95 bits per heavy atom. The molecule has 0 amide bonds. The quantitative estimate of drug-likeness (QED) is 0.678. The Labute approximate surface area is 120 Å². The van der Waals surface area contributed by atoms with Gasteiger partial charge in [0.1, 0.15) is 4.83 Å². The van der Waals surface area contributed by atoms with Crippen molar-refractivity contribution in [1.29, 1.82) is 0 Å². The van der Waals surface area contributed by atoms with Gasteiger partial charge in [0.25, 0.3) is 5.56 Å². The van der Waals surface area contributed by atoms with Crippen LogP contribution in [0.1, 0.15) is 30.2 Å². The summed E-state index contributed by atoms with van der Waals surface area (Å²) in [6.45, 7) is 6.28. The highest BCUT2D eigenvalue weighted by molar-refractivity contribution is 7.71. The number of thiophene rings is 1. The van der Waals surface area contributed by atoms with Crippen molar-refractivity contribution >= 4 is 33.8 Å². The molecule has 0 saturated heterocycles. The Morgan fingerprint density at radius 2 is 2.21 bits per heavy atom. The molecule has 2 heterocycles. The summed E-state index contributed by atoms with van der Waals surface area (Å²) in [6.07, 6.45) is 4.51. The minimum absolute atomic E-state index is 0.0427. The number of aromatic nitrogens is 2. The number of nitrogens with one attached hydrogen (secondary N) is 1. The van der Waals surface area contributed by atoms with Gasteiger partial charge in [0.2, 0.25) is 0 Å². The van der Waals surface area contributed by atoms with Crippen LogP contribution < -0.4 is 5.56 Å². The van der Waals surface area contributed by atoms with Gasteiger partial charge in [-0.2, -0.15) is 0 Å². The summed E-state index contributed by atoms with van der Waals surface area (Å²) in [5, 5.41) is 0.856. The van der Waals surface area contributed by atoms with Gasteiger partial charge in [0.05, 0.1) is 5.39 Å². The van der Waals surface area contributed by atoms with Crippen LogP contribution in [0.3, 0.4) is 0 Å². The molecule has 1 aliphatic carbocycles. The van der Waals surface area contributed by atoms with Crippen molar-refractivity contribution in [1.82, 2.24) is 9.55 Å². The third-order valence-electron chi connectivity index (χ3n) is 3.52. The molecule has 0 fully saturated rings. The Kier molecular flexibility index (Phi) is 3.19. The van der Waals surface area contributed by atoms with E-state index in [1.54, 1.807) is 15.9 Å². The molecule has 1 aliphatic rings. The van der Waals surface area contributed by atoms with E-state index in [1.165, 1.54) is 23.3 Å². The van der Waals surface area contributed by atoms with E-state index >= 15 is 0 Å². The van der Waals surface area contributed by atoms with Gasteiger partial charge in [-0.1, -0.05) is 12.2 Å². The molecular formula is C14H16N2OS2. The molecule has 0 spiro atoms. The maximum Gasteiger partial charge on any atom is 0.263 e. The summed E-state index contributed by atoms with van der Waals surface area (Å²) in [5.74, 6) is 0. The van der Waals surface area contributed by atoms with E-state index in [4.69, 9.17) is 12.2 Å². The maximum absolute atomic E-state index is 12.7. The van der Waals surface area contributed by atoms with Crippen LogP contribution >= 0.6 is 23.6 Å². The summed E-state index contributed by atoms with van der Waals surface area (Å²) < 4.78 is 2.13. The van der Waals surface area contributed by atoms with E-state index in [2.05, 4.69) is 11.6 Å². The monoisotopic (exact) mass is 292 g/mol. The number of H-pyrrole nitrogens is 1. The van der Waals surface area contributed by atoms with Crippen LogP contribution in [-0.4, -0.2) is 9.55 Å². The van der Waals surface area contributed by atoms with Crippen molar-refractivity contribution in [2.45, 2.75) is 39.2 Å². The molecule has 0 aliphatic heterocycles. The fourth-order valence-corrected chi connectivity index (χ4v) is 4.28. The maximum atomic E-state index is 12.7. The molecule has 2 aromatic rings. The zero-order valence-corrected chi connectivity index (χ0v) is 12.5. The van der Waals surface area contributed by atoms with Gasteiger partial charge in [0, 0.05) is 11.4 Å². The predicted octanol–water partition coefficient (Wildman–Crippen LogP) is 3.58. The average Bonchev–Trinajstić information content (AvgIpc) is 2.72. The highest BCUT2D eigenvalue weighted by Gasteiger charge is 2.19. The van der Waals surface area contributed by atoms with E-state index in [-0.39, 0.29) is 5.56 Å². The lowest BCUT2D eigenvalue weighted by Gasteiger charge is -2.10. The predicted molar refractivity (Wildman–Crippen MR) is 82.7 cm³/mol. The highest BCUT2D eigenvalue weighted by Crippen LogP contribution is 2.33. The lowest BCUT2D eigenvalue weighted by Crippen LogP contribution is -2.23. The number of hydrogen-bond donors (Lipinski definition) is 1. The first-order valence-corrected chi connectivity index (χ1v) is 7.72. The number of rotatable bonds is 2. The number of allylic oxidation sites excluding steroid dienone is 1. The normalized spacial score (nSPS) is 14.6. The van der Waals surface area contributed by atoms with Crippen molar-refractivity contribution in [2.75, 3.05) is 0 Å². The second-order valence-electron chi connectivity index (χ2n) is 5.19. The molecule has 0 unspecified atom stereocenters. The van der Waals surface area contributed by atoms with Crippen molar-refractivity contribution in [3.63, 3.8) is 0 Å². The zero-order chi connectivity index (χ0) is 13.6. The SMILES string of the molecule is C=C(C)Cn1c(=S)[nH]c2sc3c(c2c1=O)CCCC3. The average molecular weight is 292 g/mol. The van der Waals surface area contributed by atoms with Gasteiger partial charge in [-0.15, -0.1) is 11.3 Å². The second-order valence-corrected chi connectivity index (χ2v) is 6.69. The zero-order valence-electron chi connectivity index (χ0n) is 10.9. The van der Waals surface area contributed by atoms with E-state index in [0.717, 1.165) is 28.6 Å². The molecule has 0 radical (unpaired) electrons. The molecule has 3 nitrogen and oxygen atoms in total. The molecule has 2 aromatic heterocycles. The van der Waals surface area contributed by atoms with Crippen LogP contribution in [0.25, 0.3) is 10.2 Å². The first-order chi connectivity index (χ1) is 9.08. The molecule has 0 saturated carbocycles. The summed E-state index contributed by atoms with van der Waals surface area (Å²) in [4.78, 5) is 18.2. The van der Waals surface area contributed by atoms with E-state index in [1.807, 2.05) is 6.92 Å². The van der Waals surface area contributed by atoms with Crippen molar-refractivity contribution in [3.05, 3.63) is 37.7 Å². The molecule has 19 heavy (non-hydrogen) atoms. The van der Waals surface area contributed by atoms with Gasteiger partial charge in [0.15, 0.2) is 4.77 Å². The molecule has 100 valence electrons. The molecule has 0 atom stereocenters. The standard InChI is InChI=1S/C14H16N2OS2/c1-8(2)7-16-13(17)11-9-5-3-4-6-10(9)19-12(11)15-14(16)18/h1,3-7H2,2H3,(H,15,18). The van der Waals surface area contributed by atoms with E-state index in [0.29, 0.717) is 11.3 Å². The van der Waals surface area contributed by atoms with Gasteiger partial charge in [-0.05, 0) is 50.4 Å². The molecule has 1 N–H and O–H groups in total. The third kappa shape index (κ3) is 2.11. The highest BCUT2D eigenvalue weighted by atomic mass is 32.1. The third-order valence-corrected chi connectivity index (χ3v) is 5.05. The van der Waals surface area contributed by atoms with Gasteiger partial charge in [-0.3, -0.25) is 9.36 Å². The fraction of sp³-hybridized carbons (Fsp3) is 0.429. The topological polar surface area (TPSA) is 37.8 Å². The summed E-state index contributed by atoms with van der Waals surface area (Å²) in [7, 11) is 0. The van der Waals surface area contributed by atoms with Crippen LogP contribution in [-0.2, 0) is 19.4 Å². The van der Waals surface area contributed by atoms with E-state index < -0.39 is 0 Å². The lowest BCUT2D eigenvalue weighted by atomic mass is 9.97. The first kappa shape index (κ1) is 12.8. The molecule has 3 rings (SSSR count). The van der Waals surface area contributed by atoms with Crippen LogP contribution in [0.4, 0.5) is 0 Å². The number of nitrogens with zero attached hydrogens (tertiary/aromatic N) is 1. The Bertz CT molecular complexity index is 779. The smallest absolute Gasteiger partial charge is 0.263 e. The number of aromatic amines is 1. The minimum Gasteiger partial charge on any atom is -0.323 e. The lowest BCUT2D eigenvalue weighted by molar-refractivity contribution is 0.695. The van der Waals surface area contributed by atoms with E-state index in [9.17, 15) is 4.79 Å². The van der Waals surface area contributed by atoms with Gasteiger partial charge >= 0.3 is 0 Å². The number of fused-ring (bicyclic) bond motifs is 3. The van der Waals surface area contributed by atoms with Crippen molar-refractivity contribution < 1.29 is 0 Å². The largest absolute Gasteiger partial charge is 0.323 e. The molecule has 0 aromatic carbocycles. The number of aryl methyl sites for hydroxylation is 2.